The van der Waals surface area contributed by atoms with Gasteiger partial charge in [0.15, 0.2) is 0 Å². The zero-order valence-corrected chi connectivity index (χ0v) is 7.82. The summed E-state index contributed by atoms with van der Waals surface area (Å²) < 4.78 is 0. The second kappa shape index (κ2) is 3.59. The summed E-state index contributed by atoms with van der Waals surface area (Å²) >= 11 is 5.36. The molecule has 5 heteroatoms. The number of pyridine rings is 1. The maximum atomic E-state index is 11.0. The molecule has 4 nitrogen and oxygen atoms in total. The number of halogens is 1. The highest BCUT2D eigenvalue weighted by Crippen LogP contribution is 2.20. The quantitative estimate of drug-likeness (QED) is 0.765. The number of carbonyl (C=O) groups is 1. The maximum absolute atomic E-state index is 11.0. The molecule has 1 N–H and O–H groups in total. The second-order valence-corrected chi connectivity index (χ2v) is 2.99. The van der Waals surface area contributed by atoms with Crippen LogP contribution in [0.2, 0.25) is 0 Å². The van der Waals surface area contributed by atoms with Crippen molar-refractivity contribution < 1.29 is 4.79 Å². The molecule has 0 fully saturated rings. The van der Waals surface area contributed by atoms with E-state index in [4.69, 9.17) is 11.6 Å². The van der Waals surface area contributed by atoms with Crippen LogP contribution in [0.1, 0.15) is 10.5 Å². The molecule has 0 aliphatic rings. The smallest absolute Gasteiger partial charge is 0.270 e. The van der Waals surface area contributed by atoms with Gasteiger partial charge in [0, 0.05) is 6.20 Å². The molecule has 2 heterocycles. The highest BCUT2D eigenvalue weighted by Gasteiger charge is 2.13. The highest BCUT2D eigenvalue weighted by molar-refractivity contribution is 6.68. The van der Waals surface area contributed by atoms with Gasteiger partial charge in [0.05, 0.1) is 17.5 Å². The fourth-order valence-electron chi connectivity index (χ4n) is 1.15. The average molecular weight is 208 g/mol. The number of aromatic amines is 1. The molecule has 0 amide bonds. The van der Waals surface area contributed by atoms with Crippen LogP contribution in [0, 0.1) is 0 Å². The van der Waals surface area contributed by atoms with Crippen LogP contribution >= 0.6 is 11.6 Å². The van der Waals surface area contributed by atoms with Gasteiger partial charge in [-0.05, 0) is 23.7 Å². The fraction of sp³-hybridized carbons (Fsp3) is 0. The lowest BCUT2D eigenvalue weighted by molar-refractivity contribution is 0.107. The molecule has 0 aliphatic heterocycles. The largest absolute Gasteiger partial charge is 0.274 e. The molecule has 14 heavy (non-hydrogen) atoms. The third-order valence-electron chi connectivity index (χ3n) is 1.78. The van der Waals surface area contributed by atoms with E-state index in [-0.39, 0.29) is 5.69 Å². The SMILES string of the molecule is O=C(Cl)c1[nH]ncc1-c1ccccn1. The lowest BCUT2D eigenvalue weighted by Crippen LogP contribution is -1.93. The van der Waals surface area contributed by atoms with Gasteiger partial charge in [0.2, 0.25) is 0 Å². The van der Waals surface area contributed by atoms with Crippen molar-refractivity contribution in [1.29, 1.82) is 0 Å². The highest BCUT2D eigenvalue weighted by atomic mass is 35.5. The van der Waals surface area contributed by atoms with Crippen molar-refractivity contribution in [3.05, 3.63) is 36.3 Å². The van der Waals surface area contributed by atoms with Gasteiger partial charge in [-0.25, -0.2) is 0 Å². The zero-order chi connectivity index (χ0) is 9.97. The predicted octanol–water partition coefficient (Wildman–Crippen LogP) is 1.85. The number of aromatic nitrogens is 3. The summed E-state index contributed by atoms with van der Waals surface area (Å²) in [7, 11) is 0. The molecule has 0 radical (unpaired) electrons. The van der Waals surface area contributed by atoms with Crippen LogP contribution < -0.4 is 0 Å². The van der Waals surface area contributed by atoms with Gasteiger partial charge in [-0.3, -0.25) is 14.9 Å². The van der Waals surface area contributed by atoms with E-state index in [1.165, 1.54) is 6.20 Å². The molecule has 70 valence electrons. The molecule has 2 rings (SSSR count). The van der Waals surface area contributed by atoms with Gasteiger partial charge in [-0.2, -0.15) is 5.10 Å². The number of carbonyl (C=O) groups excluding carboxylic acids is 1. The van der Waals surface area contributed by atoms with Gasteiger partial charge < -0.3 is 0 Å². The monoisotopic (exact) mass is 207 g/mol. The Morgan fingerprint density at radius 1 is 1.43 bits per heavy atom. The number of hydrogen-bond donors (Lipinski definition) is 1. The number of hydrogen-bond acceptors (Lipinski definition) is 3. The summed E-state index contributed by atoms with van der Waals surface area (Å²) in [5.41, 5.74) is 1.56. The predicted molar refractivity (Wildman–Crippen MR) is 52.0 cm³/mol. The summed E-state index contributed by atoms with van der Waals surface area (Å²) in [6.45, 7) is 0. The van der Waals surface area contributed by atoms with Crippen LogP contribution in [0.3, 0.4) is 0 Å². The summed E-state index contributed by atoms with van der Waals surface area (Å²) in [6, 6.07) is 5.41. The summed E-state index contributed by atoms with van der Waals surface area (Å²) in [5.74, 6) is 0. The Morgan fingerprint density at radius 2 is 2.29 bits per heavy atom. The van der Waals surface area contributed by atoms with Gasteiger partial charge in [-0.15, -0.1) is 0 Å². The van der Waals surface area contributed by atoms with E-state index in [1.54, 1.807) is 18.3 Å². The minimum atomic E-state index is -0.567. The molecule has 0 saturated heterocycles. The molecule has 0 aliphatic carbocycles. The van der Waals surface area contributed by atoms with Crippen LogP contribution in [-0.2, 0) is 0 Å². The number of rotatable bonds is 2. The molecule has 0 atom stereocenters. The van der Waals surface area contributed by atoms with Crippen LogP contribution in [0.25, 0.3) is 11.3 Å². The van der Waals surface area contributed by atoms with Crippen LogP contribution in [0.4, 0.5) is 0 Å². The number of nitrogens with zero attached hydrogens (tertiary/aromatic N) is 2. The average Bonchev–Trinajstić information content (AvgIpc) is 2.67. The van der Waals surface area contributed by atoms with E-state index >= 15 is 0 Å². The van der Waals surface area contributed by atoms with Gasteiger partial charge in [0.1, 0.15) is 5.69 Å². The van der Waals surface area contributed by atoms with E-state index in [1.807, 2.05) is 6.07 Å². The minimum absolute atomic E-state index is 0.269. The summed E-state index contributed by atoms with van der Waals surface area (Å²) in [4.78, 5) is 15.1. The summed E-state index contributed by atoms with van der Waals surface area (Å²) in [5, 5.41) is 5.72. The van der Waals surface area contributed by atoms with Crippen molar-refractivity contribution in [2.45, 2.75) is 0 Å². The first-order valence-corrected chi connectivity index (χ1v) is 4.31. The third kappa shape index (κ3) is 1.52. The van der Waals surface area contributed by atoms with Gasteiger partial charge >= 0.3 is 0 Å². The van der Waals surface area contributed by atoms with Crippen molar-refractivity contribution in [3.63, 3.8) is 0 Å². The summed E-state index contributed by atoms with van der Waals surface area (Å²) in [6.07, 6.45) is 3.17. The van der Waals surface area contributed by atoms with E-state index < -0.39 is 5.24 Å². The molecule has 0 bridgehead atoms. The van der Waals surface area contributed by atoms with Gasteiger partial charge in [0.25, 0.3) is 5.24 Å². The van der Waals surface area contributed by atoms with Crippen LogP contribution in [0.15, 0.2) is 30.6 Å². The first-order valence-electron chi connectivity index (χ1n) is 3.93. The van der Waals surface area contributed by atoms with E-state index in [2.05, 4.69) is 15.2 Å². The van der Waals surface area contributed by atoms with Crippen molar-refractivity contribution in [2.24, 2.45) is 0 Å². The van der Waals surface area contributed by atoms with E-state index in [0.29, 0.717) is 11.3 Å². The second-order valence-electron chi connectivity index (χ2n) is 2.65. The topological polar surface area (TPSA) is 58.6 Å². The van der Waals surface area contributed by atoms with Gasteiger partial charge in [-0.1, -0.05) is 6.07 Å². The number of H-pyrrole nitrogens is 1. The van der Waals surface area contributed by atoms with Crippen LogP contribution in [0.5, 0.6) is 0 Å². The Balaban J connectivity index is 2.52. The molecule has 0 aromatic carbocycles. The third-order valence-corrected chi connectivity index (χ3v) is 1.97. The fourth-order valence-corrected chi connectivity index (χ4v) is 1.30. The number of nitrogens with one attached hydrogen (secondary N) is 1. The van der Waals surface area contributed by atoms with Crippen molar-refractivity contribution in [1.82, 2.24) is 15.2 Å². The Kier molecular flexibility index (Phi) is 2.28. The Labute approximate surface area is 84.9 Å². The molecular formula is C9H6ClN3O. The van der Waals surface area contributed by atoms with Crippen molar-refractivity contribution in [2.75, 3.05) is 0 Å². The first kappa shape index (κ1) is 8.90. The normalized spacial score (nSPS) is 10.1. The molecule has 0 saturated carbocycles. The Morgan fingerprint density at radius 3 is 2.93 bits per heavy atom. The molecule has 2 aromatic rings. The van der Waals surface area contributed by atoms with E-state index in [9.17, 15) is 4.79 Å². The molecule has 2 aromatic heterocycles. The molecule has 0 unspecified atom stereocenters. The lowest BCUT2D eigenvalue weighted by atomic mass is 10.2. The minimum Gasteiger partial charge on any atom is -0.274 e. The Hall–Kier alpha value is -1.68. The standard InChI is InChI=1S/C9H6ClN3O/c10-9(14)8-6(5-12-13-8)7-3-1-2-4-11-7/h1-5H,(H,12,13). The molecular weight excluding hydrogens is 202 g/mol. The lowest BCUT2D eigenvalue weighted by Gasteiger charge is -1.96. The molecule has 0 spiro atoms. The Bertz CT molecular complexity index is 452. The van der Waals surface area contributed by atoms with Crippen molar-refractivity contribution in [3.8, 4) is 11.3 Å². The maximum Gasteiger partial charge on any atom is 0.270 e. The first-order chi connectivity index (χ1) is 6.79. The van der Waals surface area contributed by atoms with Crippen LogP contribution in [-0.4, -0.2) is 20.4 Å². The van der Waals surface area contributed by atoms with E-state index in [0.717, 1.165) is 0 Å². The van der Waals surface area contributed by atoms with Crippen molar-refractivity contribution >= 4 is 16.8 Å². The zero-order valence-electron chi connectivity index (χ0n) is 7.07.